The molecule has 0 aromatic carbocycles. The maximum Gasteiger partial charge on any atom is 0.224 e. The summed E-state index contributed by atoms with van der Waals surface area (Å²) in [6, 6.07) is 0. The Morgan fingerprint density at radius 1 is 1.38 bits per heavy atom. The van der Waals surface area contributed by atoms with Crippen LogP contribution >= 0.6 is 0 Å². The normalized spacial score (nSPS) is 14.9. The third-order valence-electron chi connectivity index (χ3n) is 2.85. The van der Waals surface area contributed by atoms with Crippen molar-refractivity contribution in [3.63, 3.8) is 0 Å². The molecule has 1 aliphatic carbocycles. The molecule has 1 heterocycles. The molecule has 0 spiro atoms. The topological polar surface area (TPSA) is 49.8 Å². The molecule has 1 fully saturated rings. The molecule has 2 N–H and O–H groups in total. The first-order valence-electron chi connectivity index (χ1n) is 6.11. The molecule has 1 saturated carbocycles. The van der Waals surface area contributed by atoms with Crippen molar-refractivity contribution in [3.05, 3.63) is 11.8 Å². The Morgan fingerprint density at radius 2 is 2.19 bits per heavy atom. The van der Waals surface area contributed by atoms with Crippen LogP contribution in [0.1, 0.15) is 31.7 Å². The molecule has 2 rings (SSSR count). The Labute approximate surface area is 96.9 Å². The highest BCUT2D eigenvalue weighted by Gasteiger charge is 2.20. The van der Waals surface area contributed by atoms with Crippen LogP contribution in [0.5, 0.6) is 0 Å². The minimum absolute atomic E-state index is 0.710. The number of rotatable bonds is 6. The molecule has 0 unspecified atom stereocenters. The molecule has 0 amide bonds. The van der Waals surface area contributed by atoms with Gasteiger partial charge in [0, 0.05) is 24.8 Å². The van der Waals surface area contributed by atoms with E-state index in [4.69, 9.17) is 0 Å². The van der Waals surface area contributed by atoms with E-state index in [1.165, 1.54) is 19.3 Å². The van der Waals surface area contributed by atoms with E-state index in [9.17, 15) is 0 Å². The largest absolute Gasteiger partial charge is 0.370 e. The van der Waals surface area contributed by atoms with Gasteiger partial charge in [0.25, 0.3) is 0 Å². The molecule has 1 aliphatic rings. The third-order valence-corrected chi connectivity index (χ3v) is 2.85. The number of anilines is 2. The summed E-state index contributed by atoms with van der Waals surface area (Å²) >= 11 is 0. The van der Waals surface area contributed by atoms with Gasteiger partial charge in [-0.1, -0.05) is 12.8 Å². The second-order valence-electron chi connectivity index (χ2n) is 4.41. The summed E-state index contributed by atoms with van der Waals surface area (Å²) in [5, 5.41) is 6.52. The quantitative estimate of drug-likeness (QED) is 0.773. The monoisotopic (exact) mass is 220 g/mol. The Hall–Kier alpha value is -1.32. The molecule has 1 aromatic heterocycles. The molecule has 88 valence electrons. The Kier molecular flexibility index (Phi) is 3.59. The summed E-state index contributed by atoms with van der Waals surface area (Å²) in [6.45, 7) is 5.96. The second kappa shape index (κ2) is 5.14. The number of nitrogens with zero attached hydrogens (tertiary/aromatic N) is 2. The van der Waals surface area contributed by atoms with Crippen LogP contribution in [0.15, 0.2) is 6.20 Å². The van der Waals surface area contributed by atoms with Crippen LogP contribution in [0.3, 0.4) is 0 Å². The van der Waals surface area contributed by atoms with Crippen molar-refractivity contribution in [1.29, 1.82) is 0 Å². The summed E-state index contributed by atoms with van der Waals surface area (Å²) in [5.74, 6) is 2.64. The predicted octanol–water partition coefficient (Wildman–Crippen LogP) is 2.43. The van der Waals surface area contributed by atoms with Gasteiger partial charge >= 0.3 is 0 Å². The number of nitrogens with one attached hydrogen (secondary N) is 2. The second-order valence-corrected chi connectivity index (χ2v) is 4.41. The van der Waals surface area contributed by atoms with Crippen molar-refractivity contribution in [2.75, 3.05) is 23.7 Å². The van der Waals surface area contributed by atoms with Gasteiger partial charge in [0.1, 0.15) is 5.82 Å². The van der Waals surface area contributed by atoms with Gasteiger partial charge < -0.3 is 10.6 Å². The average molecular weight is 220 g/mol. The molecule has 0 atom stereocenters. The van der Waals surface area contributed by atoms with Crippen LogP contribution in [-0.4, -0.2) is 23.1 Å². The van der Waals surface area contributed by atoms with Crippen LogP contribution in [0.25, 0.3) is 0 Å². The molecule has 4 nitrogen and oxygen atoms in total. The van der Waals surface area contributed by atoms with Crippen molar-refractivity contribution in [2.45, 2.75) is 33.1 Å². The summed E-state index contributed by atoms with van der Waals surface area (Å²) in [7, 11) is 0. The lowest BCUT2D eigenvalue weighted by Gasteiger charge is -2.09. The zero-order valence-corrected chi connectivity index (χ0v) is 10.1. The maximum absolute atomic E-state index is 4.45. The Bertz CT molecular complexity index is 347. The molecular formula is C12H20N4. The first-order chi connectivity index (χ1) is 7.79. The van der Waals surface area contributed by atoms with Crippen molar-refractivity contribution in [2.24, 2.45) is 5.92 Å². The molecule has 0 saturated heterocycles. The van der Waals surface area contributed by atoms with E-state index in [1.54, 1.807) is 0 Å². The van der Waals surface area contributed by atoms with Gasteiger partial charge in [-0.15, -0.1) is 0 Å². The van der Waals surface area contributed by atoms with Gasteiger partial charge in [0.15, 0.2) is 0 Å². The zero-order valence-electron chi connectivity index (χ0n) is 10.1. The van der Waals surface area contributed by atoms with E-state index in [0.29, 0.717) is 5.95 Å². The van der Waals surface area contributed by atoms with E-state index in [-0.39, 0.29) is 0 Å². The van der Waals surface area contributed by atoms with Gasteiger partial charge in [-0.3, -0.25) is 0 Å². The average Bonchev–Trinajstić information content (AvgIpc) is 3.07. The highest BCUT2D eigenvalue weighted by Crippen LogP contribution is 2.32. The van der Waals surface area contributed by atoms with E-state index in [1.807, 2.05) is 20.0 Å². The van der Waals surface area contributed by atoms with Crippen molar-refractivity contribution in [1.82, 2.24) is 9.97 Å². The smallest absolute Gasteiger partial charge is 0.224 e. The number of hydrogen-bond acceptors (Lipinski definition) is 4. The zero-order chi connectivity index (χ0) is 11.4. The number of aromatic nitrogens is 2. The predicted molar refractivity (Wildman–Crippen MR) is 66.8 cm³/mol. The van der Waals surface area contributed by atoms with Crippen LogP contribution in [0.4, 0.5) is 11.8 Å². The van der Waals surface area contributed by atoms with Gasteiger partial charge in [0.05, 0.1) is 0 Å². The van der Waals surface area contributed by atoms with Gasteiger partial charge in [-0.2, -0.15) is 4.98 Å². The standard InChI is InChI=1S/C12H20N4/c1-3-13-12-15-8-9(2)11(16-12)14-7-6-10-4-5-10/h8,10H,3-7H2,1-2H3,(H2,13,14,15,16). The van der Waals surface area contributed by atoms with Crippen molar-refractivity contribution < 1.29 is 0 Å². The number of hydrogen-bond donors (Lipinski definition) is 2. The van der Waals surface area contributed by atoms with Gasteiger partial charge in [-0.05, 0) is 26.2 Å². The fourth-order valence-corrected chi connectivity index (χ4v) is 1.67. The molecule has 1 aromatic rings. The first-order valence-corrected chi connectivity index (χ1v) is 6.11. The lowest BCUT2D eigenvalue weighted by molar-refractivity contribution is 0.757. The third kappa shape index (κ3) is 3.08. The summed E-state index contributed by atoms with van der Waals surface area (Å²) in [4.78, 5) is 8.67. The molecule has 4 heteroatoms. The van der Waals surface area contributed by atoms with E-state index in [2.05, 4.69) is 20.6 Å². The molecular weight excluding hydrogens is 200 g/mol. The molecule has 0 radical (unpaired) electrons. The van der Waals surface area contributed by atoms with Crippen LogP contribution < -0.4 is 10.6 Å². The van der Waals surface area contributed by atoms with E-state index in [0.717, 1.165) is 30.4 Å². The van der Waals surface area contributed by atoms with Crippen molar-refractivity contribution in [3.8, 4) is 0 Å². The van der Waals surface area contributed by atoms with Crippen molar-refractivity contribution >= 4 is 11.8 Å². The molecule has 0 aliphatic heterocycles. The Morgan fingerprint density at radius 3 is 2.88 bits per heavy atom. The molecule has 0 bridgehead atoms. The summed E-state index contributed by atoms with van der Waals surface area (Å²) < 4.78 is 0. The van der Waals surface area contributed by atoms with Gasteiger partial charge in [-0.25, -0.2) is 4.98 Å². The fourth-order valence-electron chi connectivity index (χ4n) is 1.67. The SMILES string of the molecule is CCNc1ncc(C)c(NCCC2CC2)n1. The van der Waals surface area contributed by atoms with Crippen LogP contribution in [-0.2, 0) is 0 Å². The number of aryl methyl sites for hydroxylation is 1. The lowest BCUT2D eigenvalue weighted by Crippen LogP contribution is -2.09. The van der Waals surface area contributed by atoms with Crippen LogP contribution in [0, 0.1) is 12.8 Å². The lowest BCUT2D eigenvalue weighted by atomic mass is 10.3. The van der Waals surface area contributed by atoms with E-state index >= 15 is 0 Å². The van der Waals surface area contributed by atoms with Gasteiger partial charge in [0.2, 0.25) is 5.95 Å². The maximum atomic E-state index is 4.45. The van der Waals surface area contributed by atoms with Crippen LogP contribution in [0.2, 0.25) is 0 Å². The highest BCUT2D eigenvalue weighted by molar-refractivity contribution is 5.46. The summed E-state index contributed by atoms with van der Waals surface area (Å²) in [6.07, 6.45) is 5.95. The fraction of sp³-hybridized carbons (Fsp3) is 0.667. The minimum atomic E-state index is 0.710. The summed E-state index contributed by atoms with van der Waals surface area (Å²) in [5.41, 5.74) is 1.11. The first kappa shape index (κ1) is 11.2. The Balaban J connectivity index is 1.91. The minimum Gasteiger partial charge on any atom is -0.370 e. The van der Waals surface area contributed by atoms with E-state index < -0.39 is 0 Å². The molecule has 16 heavy (non-hydrogen) atoms. The highest BCUT2D eigenvalue weighted by atomic mass is 15.1.